The summed E-state index contributed by atoms with van der Waals surface area (Å²) in [5.41, 5.74) is 0.400. The van der Waals surface area contributed by atoms with Crippen LogP contribution >= 0.6 is 95.9 Å². The van der Waals surface area contributed by atoms with Gasteiger partial charge in [-0.3, -0.25) is 0 Å². The number of thioether (sulfide) groups is 4. The number of fused-ring (bicyclic) bond motifs is 2. The fraction of sp³-hybridized carbons (Fsp3) is 0.724. The van der Waals surface area contributed by atoms with Gasteiger partial charge < -0.3 is 9.80 Å². The van der Waals surface area contributed by atoms with Gasteiger partial charge in [-0.05, 0) is 99.4 Å². The minimum atomic E-state index is 0.200. The summed E-state index contributed by atoms with van der Waals surface area (Å²) in [4.78, 5) is 11.2. The van der Waals surface area contributed by atoms with E-state index in [1.165, 1.54) is 76.4 Å². The van der Waals surface area contributed by atoms with E-state index in [-0.39, 0.29) is 10.8 Å². The summed E-state index contributed by atoms with van der Waals surface area (Å²) in [6, 6.07) is 0. The molecule has 4 aliphatic rings. The fourth-order valence-corrected chi connectivity index (χ4v) is 12.3. The first kappa shape index (κ1) is 32.7. The maximum Gasteiger partial charge on any atom is 0.107 e. The van der Waals surface area contributed by atoms with Crippen LogP contribution in [0.15, 0.2) is 22.0 Å². The SMILES string of the molecule is CC(C)(CCSCCCSCCC(C)(C)CN1C(=S)C=C2SCCC2C1=S)CN1C(=S)C=C2SCCC2C1=S. The van der Waals surface area contributed by atoms with Gasteiger partial charge in [-0.2, -0.15) is 23.5 Å². The molecule has 4 heterocycles. The maximum atomic E-state index is 5.86. The summed E-state index contributed by atoms with van der Waals surface area (Å²) in [6.07, 6.45) is 10.4. The van der Waals surface area contributed by atoms with Crippen molar-refractivity contribution in [2.75, 3.05) is 47.6 Å². The van der Waals surface area contributed by atoms with Crippen molar-refractivity contribution < 1.29 is 0 Å². The molecule has 4 aliphatic heterocycles. The lowest BCUT2D eigenvalue weighted by molar-refractivity contribution is 0.297. The molecular formula is C29H42N2S8. The lowest BCUT2D eigenvalue weighted by Gasteiger charge is -2.38. The Labute approximate surface area is 275 Å². The summed E-state index contributed by atoms with van der Waals surface area (Å²) in [7, 11) is 0. The van der Waals surface area contributed by atoms with Gasteiger partial charge in [-0.25, -0.2) is 0 Å². The van der Waals surface area contributed by atoms with E-state index in [9.17, 15) is 0 Å². The molecule has 39 heavy (non-hydrogen) atoms. The number of hydrogen-bond donors (Lipinski definition) is 0. The van der Waals surface area contributed by atoms with Gasteiger partial charge >= 0.3 is 0 Å². The van der Waals surface area contributed by atoms with E-state index in [0.717, 1.165) is 33.0 Å². The molecule has 0 aromatic carbocycles. The summed E-state index contributed by atoms with van der Waals surface area (Å²) < 4.78 is 0. The van der Waals surface area contributed by atoms with E-state index in [1.807, 2.05) is 23.5 Å². The highest BCUT2D eigenvalue weighted by Crippen LogP contribution is 2.43. The molecule has 2 nitrogen and oxygen atoms in total. The molecule has 0 bridgehead atoms. The highest BCUT2D eigenvalue weighted by molar-refractivity contribution is 8.04. The normalized spacial score (nSPS) is 23.8. The second kappa shape index (κ2) is 14.5. The third-order valence-corrected chi connectivity index (χ3v) is 14.0. The molecule has 0 aliphatic carbocycles. The zero-order valence-electron chi connectivity index (χ0n) is 23.7. The Balaban J connectivity index is 1.07. The van der Waals surface area contributed by atoms with Crippen LogP contribution in [0.25, 0.3) is 0 Å². The Morgan fingerprint density at radius 2 is 1.13 bits per heavy atom. The first-order chi connectivity index (χ1) is 18.5. The van der Waals surface area contributed by atoms with Crippen LogP contribution in [-0.4, -0.2) is 77.4 Å². The number of hydrogen-bond acceptors (Lipinski definition) is 8. The quantitative estimate of drug-likeness (QED) is 0.130. The van der Waals surface area contributed by atoms with Crippen molar-refractivity contribution in [1.82, 2.24) is 9.80 Å². The number of nitrogens with zero attached hydrogens (tertiary/aromatic N) is 2. The minimum absolute atomic E-state index is 0.200. The van der Waals surface area contributed by atoms with Gasteiger partial charge in [0.05, 0.1) is 9.98 Å². The molecule has 2 fully saturated rings. The van der Waals surface area contributed by atoms with Crippen molar-refractivity contribution in [2.24, 2.45) is 22.7 Å². The van der Waals surface area contributed by atoms with Crippen molar-refractivity contribution >= 4 is 116 Å². The Bertz CT molecular complexity index is 950. The molecule has 0 aromatic rings. The van der Waals surface area contributed by atoms with Gasteiger partial charge in [-0.15, -0.1) is 23.5 Å². The zero-order chi connectivity index (χ0) is 28.2. The van der Waals surface area contributed by atoms with Crippen molar-refractivity contribution in [3.05, 3.63) is 22.0 Å². The first-order valence-corrected chi connectivity index (χ1v) is 19.9. The van der Waals surface area contributed by atoms with E-state index < -0.39 is 0 Å². The van der Waals surface area contributed by atoms with Crippen molar-refractivity contribution in [1.29, 1.82) is 0 Å². The van der Waals surface area contributed by atoms with Gasteiger partial charge in [0.15, 0.2) is 0 Å². The van der Waals surface area contributed by atoms with Crippen LogP contribution < -0.4 is 0 Å². The molecule has 0 N–H and O–H groups in total. The Morgan fingerprint density at radius 1 is 0.718 bits per heavy atom. The van der Waals surface area contributed by atoms with Gasteiger partial charge in [0.1, 0.15) is 9.98 Å². The third kappa shape index (κ3) is 8.93. The summed E-state index contributed by atoms with van der Waals surface area (Å²) >= 11 is 31.2. The topological polar surface area (TPSA) is 6.48 Å². The first-order valence-electron chi connectivity index (χ1n) is 14.0. The smallest absolute Gasteiger partial charge is 0.107 e. The van der Waals surface area contributed by atoms with E-state index in [1.54, 1.807) is 0 Å². The third-order valence-electron chi connectivity index (χ3n) is 7.83. The maximum absolute atomic E-state index is 5.86. The van der Waals surface area contributed by atoms with Crippen LogP contribution in [0.2, 0.25) is 0 Å². The molecule has 0 saturated carbocycles. The molecule has 0 radical (unpaired) electrons. The molecule has 2 unspecified atom stereocenters. The molecular weight excluding hydrogens is 633 g/mol. The van der Waals surface area contributed by atoms with E-state index in [2.05, 4.69) is 73.2 Å². The Hall–Kier alpha value is 0.840. The molecule has 0 aromatic heterocycles. The van der Waals surface area contributed by atoms with Gasteiger partial charge in [0.2, 0.25) is 0 Å². The molecule has 2 atom stereocenters. The monoisotopic (exact) mass is 674 g/mol. The van der Waals surface area contributed by atoms with E-state index in [0.29, 0.717) is 11.8 Å². The van der Waals surface area contributed by atoms with Crippen molar-refractivity contribution in [3.63, 3.8) is 0 Å². The van der Waals surface area contributed by atoms with Crippen LogP contribution in [0.4, 0.5) is 0 Å². The Morgan fingerprint density at radius 3 is 1.54 bits per heavy atom. The fourth-order valence-electron chi connectivity index (χ4n) is 5.33. The highest BCUT2D eigenvalue weighted by Gasteiger charge is 2.37. The average Bonchev–Trinajstić information content (AvgIpc) is 3.53. The largest absolute Gasteiger partial charge is 0.326 e. The van der Waals surface area contributed by atoms with Gasteiger partial charge in [0, 0.05) is 24.9 Å². The average molecular weight is 675 g/mol. The zero-order valence-corrected chi connectivity index (χ0v) is 30.2. The van der Waals surface area contributed by atoms with Crippen molar-refractivity contribution in [3.8, 4) is 0 Å². The number of thiocarbonyl (C=S) groups is 4. The molecule has 2 saturated heterocycles. The van der Waals surface area contributed by atoms with E-state index >= 15 is 0 Å². The minimum Gasteiger partial charge on any atom is -0.326 e. The van der Waals surface area contributed by atoms with Crippen LogP contribution in [0.5, 0.6) is 0 Å². The summed E-state index contributed by atoms with van der Waals surface area (Å²) in [6.45, 7) is 11.3. The predicted octanol–water partition coefficient (Wildman–Crippen LogP) is 8.89. The molecule has 0 amide bonds. The molecule has 4 rings (SSSR count). The molecule has 216 valence electrons. The lowest BCUT2D eigenvalue weighted by Crippen LogP contribution is -2.45. The second-order valence-electron chi connectivity index (χ2n) is 12.4. The molecule has 10 heteroatoms. The van der Waals surface area contributed by atoms with Crippen LogP contribution in [0.1, 0.15) is 59.8 Å². The van der Waals surface area contributed by atoms with Crippen LogP contribution in [0.3, 0.4) is 0 Å². The van der Waals surface area contributed by atoms with Gasteiger partial charge in [-0.1, -0.05) is 76.6 Å². The Kier molecular flexibility index (Phi) is 12.2. The van der Waals surface area contributed by atoms with Crippen LogP contribution in [0, 0.1) is 22.7 Å². The number of rotatable bonds is 14. The van der Waals surface area contributed by atoms with Crippen molar-refractivity contribution in [2.45, 2.75) is 59.8 Å². The molecule has 0 spiro atoms. The summed E-state index contributed by atoms with van der Waals surface area (Å²) in [5, 5.41) is 0. The van der Waals surface area contributed by atoms with E-state index in [4.69, 9.17) is 48.9 Å². The lowest BCUT2D eigenvalue weighted by atomic mass is 9.88. The second-order valence-corrected chi connectivity index (χ2v) is 18.9. The highest BCUT2D eigenvalue weighted by atomic mass is 32.2. The standard InChI is InChI=1S/C29H42N2S8/c1-28(2,18-30-24(32)16-22-20(26(30)34)6-12-38-22)8-14-36-10-5-11-37-15-9-29(3,4)19-31-25(33)17-23-21(27(31)35)7-13-39-23/h16-17,20-21H,5-15,18-19H2,1-4H3. The van der Waals surface area contributed by atoms with Gasteiger partial charge in [0.25, 0.3) is 0 Å². The van der Waals surface area contributed by atoms with Crippen LogP contribution in [-0.2, 0) is 0 Å². The summed E-state index contributed by atoms with van der Waals surface area (Å²) in [5.74, 6) is 8.08. The predicted molar refractivity (Wildman–Crippen MR) is 197 cm³/mol.